The van der Waals surface area contributed by atoms with Gasteiger partial charge in [-0.15, -0.1) is 0 Å². The Kier molecular flexibility index (Phi) is 22.9. The van der Waals surface area contributed by atoms with Gasteiger partial charge in [0, 0.05) is 0 Å². The minimum absolute atomic E-state index is 0.00398. The van der Waals surface area contributed by atoms with Crippen molar-refractivity contribution in [2.24, 2.45) is 11.5 Å². The summed E-state index contributed by atoms with van der Waals surface area (Å²) in [6, 6.07) is 45.5. The van der Waals surface area contributed by atoms with Crippen LogP contribution in [0.2, 0.25) is 0 Å². The van der Waals surface area contributed by atoms with Crippen LogP contribution in [-0.2, 0) is 20.7 Å². The van der Waals surface area contributed by atoms with Gasteiger partial charge >= 0.3 is 71.7 Å². The molecule has 9 N–H and O–H groups in total. The van der Waals surface area contributed by atoms with Gasteiger partial charge < -0.3 is 31.9 Å². The van der Waals surface area contributed by atoms with Crippen LogP contribution in [0.25, 0.3) is 12.2 Å². The van der Waals surface area contributed by atoms with Gasteiger partial charge in [-0.25, -0.2) is 0 Å². The van der Waals surface area contributed by atoms with Crippen molar-refractivity contribution >= 4 is 31.2 Å². The van der Waals surface area contributed by atoms with Gasteiger partial charge in [-0.05, 0) is 35.1 Å². The molecule has 0 bridgehead atoms. The second kappa shape index (κ2) is 27.7. The second-order valence-corrected chi connectivity index (χ2v) is 12.0. The van der Waals surface area contributed by atoms with E-state index in [-0.39, 0.29) is 19.3 Å². The Labute approximate surface area is 323 Å². The molecule has 0 unspecified atom stereocenters. The molecule has 0 saturated carbocycles. The van der Waals surface area contributed by atoms with Crippen molar-refractivity contribution in [3.8, 4) is 0 Å². The summed E-state index contributed by atoms with van der Waals surface area (Å²) in [5, 5.41) is 39.0. The van der Waals surface area contributed by atoms with Crippen molar-refractivity contribution in [1.82, 2.24) is 5.32 Å². The number of aryl methyl sites for hydroxylation is 1. The van der Waals surface area contributed by atoms with E-state index in [0.29, 0.717) is 12.8 Å². The molecule has 0 heterocycles. The predicted octanol–water partition coefficient (Wildman–Crippen LogP) is 5.89. The van der Waals surface area contributed by atoms with Crippen LogP contribution in [0.5, 0.6) is 0 Å². The normalized spacial score (nSPS) is 12.6. The van der Waals surface area contributed by atoms with Crippen molar-refractivity contribution in [2.75, 3.05) is 13.2 Å². The summed E-state index contributed by atoms with van der Waals surface area (Å²) in [4.78, 5) is 21.8. The van der Waals surface area contributed by atoms with Crippen LogP contribution >= 0.6 is 0 Å². The molecule has 55 heavy (non-hydrogen) atoms. The molecule has 0 amide bonds. The number of carboxylic acid groups (broad SMARTS) is 2. The summed E-state index contributed by atoms with van der Waals surface area (Å²) in [7, 11) is 0.771. The maximum Gasteiger partial charge on any atom is 0.324 e. The number of rotatable bonds is 15. The zero-order valence-electron chi connectivity index (χ0n) is 30.6. The summed E-state index contributed by atoms with van der Waals surface area (Å²) in [5.41, 5.74) is 15.8. The molecule has 11 heteroatoms. The first-order valence-electron chi connectivity index (χ1n) is 17.7. The molecule has 10 nitrogen and oxygen atoms in total. The van der Waals surface area contributed by atoms with E-state index in [1.54, 1.807) is 18.2 Å². The fourth-order valence-electron chi connectivity index (χ4n) is 4.75. The Morgan fingerprint density at radius 1 is 0.618 bits per heavy atom. The Morgan fingerprint density at radius 3 is 1.51 bits per heavy atom. The van der Waals surface area contributed by atoms with Crippen LogP contribution in [-0.4, -0.2) is 64.8 Å². The average Bonchev–Trinajstić information content (AvgIpc) is 3.24. The van der Waals surface area contributed by atoms with E-state index >= 15 is 0 Å². The summed E-state index contributed by atoms with van der Waals surface area (Å²) >= 11 is 0. The monoisotopic (exact) mass is 743 g/mol. The first-order chi connectivity index (χ1) is 26.7. The zero-order valence-corrected chi connectivity index (χ0v) is 30.6. The smallest absolute Gasteiger partial charge is 0.324 e. The molecule has 0 saturated heterocycles. The Hall–Kier alpha value is -5.82. The van der Waals surface area contributed by atoms with E-state index < -0.39 is 30.1 Å². The van der Waals surface area contributed by atoms with Crippen molar-refractivity contribution in [1.29, 1.82) is 0 Å². The number of aliphatic carboxylic acids is 2. The van der Waals surface area contributed by atoms with Crippen LogP contribution in [0.15, 0.2) is 164 Å². The van der Waals surface area contributed by atoms with Crippen molar-refractivity contribution in [3.63, 3.8) is 0 Å². The molecule has 0 aromatic heterocycles. The van der Waals surface area contributed by atoms with Crippen LogP contribution < -0.4 is 16.8 Å². The number of carbonyl (C=O) groups is 2. The van der Waals surface area contributed by atoms with Crippen LogP contribution in [0.3, 0.4) is 0 Å². The number of carboxylic acids is 2. The summed E-state index contributed by atoms with van der Waals surface area (Å²) in [6.07, 6.45) is 6.31. The van der Waals surface area contributed by atoms with Gasteiger partial charge in [0.2, 0.25) is 0 Å². The third-order valence-electron chi connectivity index (χ3n) is 7.81. The topological polar surface area (TPSA) is 196 Å². The molecule has 0 aliphatic carbocycles. The van der Waals surface area contributed by atoms with Crippen LogP contribution in [0, 0.1) is 0 Å². The first kappa shape index (κ1) is 45.3. The Morgan fingerprint density at radius 2 is 1.07 bits per heavy atom. The Bertz CT molecular complexity index is 1820. The number of aliphatic hydroxyl groups is 2. The van der Waals surface area contributed by atoms with Gasteiger partial charge in [0.1, 0.15) is 12.1 Å². The summed E-state index contributed by atoms with van der Waals surface area (Å²) in [5.74, 6) is -0.438. The standard InChI is InChI=1S/C18H19NO3.C10H13NO2.C8H7BO.C8H11NO/c20-13-17(15-9-5-2-6-10-15)19-16(18(21)22)12-11-14-7-3-1-4-8-14;11-9(10(12)13)7-6-8-4-2-1-3-5-8;10-9-7-6-8-4-2-1-3-5-8;9-8(6-10)7-4-2-1-3-5-7/h1-12,16-17,19-20H,13H2,(H,21,22);1-5,9H,6-7,11H2,(H,12,13);1-7H;1-5,8,10H,6,9H2/b12-11+;;7-6+;/t16-,17-;9-;;8-/m11.1/s1. The molecule has 5 rings (SSSR count). The molecule has 286 valence electrons. The maximum atomic E-state index is 11.4. The van der Waals surface area contributed by atoms with Gasteiger partial charge in [0.05, 0.1) is 25.3 Å². The quantitative estimate of drug-likeness (QED) is 0.0635. The number of hydrogen-bond acceptors (Lipinski definition) is 8. The molecule has 0 aliphatic rings. The fraction of sp³-hybridized carbons (Fsp3) is 0.182. The number of nitrogens with two attached hydrogens (primary N) is 2. The van der Waals surface area contributed by atoms with Crippen molar-refractivity contribution < 1.29 is 34.7 Å². The van der Waals surface area contributed by atoms with Crippen molar-refractivity contribution in [2.45, 2.75) is 37.0 Å². The van der Waals surface area contributed by atoms with E-state index in [2.05, 4.69) is 5.32 Å². The molecular formula is C44H50BN3O7. The van der Waals surface area contributed by atoms with E-state index in [1.807, 2.05) is 152 Å². The number of aliphatic hydroxyl groups excluding tert-OH is 2. The maximum absolute atomic E-state index is 11.4. The van der Waals surface area contributed by atoms with Gasteiger partial charge in [-0.2, -0.15) is 0 Å². The van der Waals surface area contributed by atoms with Crippen LogP contribution in [0.4, 0.5) is 0 Å². The van der Waals surface area contributed by atoms with E-state index in [0.717, 1.165) is 35.0 Å². The number of benzene rings is 5. The summed E-state index contributed by atoms with van der Waals surface area (Å²) in [6.45, 7) is -0.170. The van der Waals surface area contributed by atoms with Gasteiger partial charge in [-0.1, -0.05) is 133 Å². The predicted molar refractivity (Wildman–Crippen MR) is 219 cm³/mol. The molecule has 0 spiro atoms. The molecule has 0 fully saturated rings. The minimum atomic E-state index is -0.985. The average molecular weight is 744 g/mol. The Balaban J connectivity index is 0.000000271. The van der Waals surface area contributed by atoms with Crippen LogP contribution in [0.1, 0.15) is 46.3 Å². The number of hydrogen-bond donors (Lipinski definition) is 7. The minimum Gasteiger partial charge on any atom is -0.480 e. The largest absolute Gasteiger partial charge is 0.480 e. The van der Waals surface area contributed by atoms with Gasteiger partial charge in [-0.3, -0.25) is 14.9 Å². The van der Waals surface area contributed by atoms with Gasteiger partial charge in [0.25, 0.3) is 0 Å². The third kappa shape index (κ3) is 19.7. The van der Waals surface area contributed by atoms with Gasteiger partial charge in [0.15, 0.2) is 0 Å². The summed E-state index contributed by atoms with van der Waals surface area (Å²) < 4.78 is 9.89. The van der Waals surface area contributed by atoms with Crippen molar-refractivity contribution in [3.05, 3.63) is 192 Å². The SMILES string of the molecule is N[C@H](CCc1ccccc1)C(=O)O.N[C@H](CO)c1ccccc1.O=B/C=C/c1ccccc1.O=C(O)[C@@H](/C=C/c1ccccc1)N[C@H](CO)c1ccccc1. The van der Waals surface area contributed by atoms with E-state index in [9.17, 15) is 24.5 Å². The second-order valence-electron chi connectivity index (χ2n) is 12.0. The molecule has 4 atom stereocenters. The fourth-order valence-corrected chi connectivity index (χ4v) is 4.75. The molecule has 0 aliphatic heterocycles. The zero-order chi connectivity index (χ0) is 40.1. The number of nitrogens with one attached hydrogen (secondary N) is 1. The first-order valence-corrected chi connectivity index (χ1v) is 17.7. The van der Waals surface area contributed by atoms with E-state index in [1.165, 1.54) is 5.98 Å². The molecular weight excluding hydrogens is 693 g/mol. The molecule has 5 aromatic rings. The molecule has 0 radical (unpaired) electrons. The molecule has 5 aromatic carbocycles. The van der Waals surface area contributed by atoms with E-state index in [4.69, 9.17) is 21.7 Å². The third-order valence-corrected chi connectivity index (χ3v) is 7.81.